The lowest BCUT2D eigenvalue weighted by Crippen LogP contribution is -2.25. The van der Waals surface area contributed by atoms with Gasteiger partial charge in [0, 0.05) is 12.2 Å². The fraction of sp³-hybridized carbons (Fsp3) is 0.636. The van der Waals surface area contributed by atoms with Gasteiger partial charge in [-0.25, -0.2) is 9.97 Å². The van der Waals surface area contributed by atoms with E-state index in [1.165, 1.54) is 0 Å². The SMILES string of the molecule is CCC(Nc1ccnc(C)n1)C(C)C. The number of hydrogen-bond donors (Lipinski definition) is 1. The van der Waals surface area contributed by atoms with Gasteiger partial charge in [0.05, 0.1) is 0 Å². The second-order valence-corrected chi connectivity index (χ2v) is 3.89. The zero-order chi connectivity index (χ0) is 10.6. The Bertz CT molecular complexity index is 284. The minimum atomic E-state index is 0.490. The summed E-state index contributed by atoms with van der Waals surface area (Å²) in [7, 11) is 0. The molecule has 1 rings (SSSR count). The van der Waals surface area contributed by atoms with E-state index in [1.54, 1.807) is 6.20 Å². The molecule has 0 aromatic carbocycles. The Labute approximate surface area is 86.0 Å². The molecule has 3 heteroatoms. The molecule has 0 aliphatic heterocycles. The molecule has 0 spiro atoms. The molecular formula is C11H19N3. The summed E-state index contributed by atoms with van der Waals surface area (Å²) in [4.78, 5) is 8.39. The summed E-state index contributed by atoms with van der Waals surface area (Å²) < 4.78 is 0. The van der Waals surface area contributed by atoms with Gasteiger partial charge in [-0.05, 0) is 25.3 Å². The quantitative estimate of drug-likeness (QED) is 0.798. The Kier molecular flexibility index (Phi) is 3.86. The van der Waals surface area contributed by atoms with Crippen LogP contribution in [-0.2, 0) is 0 Å². The van der Waals surface area contributed by atoms with Crippen LogP contribution in [0.4, 0.5) is 5.82 Å². The molecule has 0 aliphatic rings. The topological polar surface area (TPSA) is 37.8 Å². The van der Waals surface area contributed by atoms with Gasteiger partial charge in [-0.15, -0.1) is 0 Å². The molecule has 0 saturated carbocycles. The van der Waals surface area contributed by atoms with Crippen LogP contribution < -0.4 is 5.32 Å². The van der Waals surface area contributed by atoms with Crippen molar-refractivity contribution in [2.45, 2.75) is 40.2 Å². The van der Waals surface area contributed by atoms with Crippen LogP contribution in [0.1, 0.15) is 33.0 Å². The molecule has 1 aromatic heterocycles. The first-order valence-electron chi connectivity index (χ1n) is 5.19. The van der Waals surface area contributed by atoms with Crippen molar-refractivity contribution >= 4 is 5.82 Å². The highest BCUT2D eigenvalue weighted by atomic mass is 15.0. The van der Waals surface area contributed by atoms with E-state index in [-0.39, 0.29) is 0 Å². The van der Waals surface area contributed by atoms with E-state index in [2.05, 4.69) is 36.1 Å². The van der Waals surface area contributed by atoms with Crippen molar-refractivity contribution in [1.29, 1.82) is 0 Å². The second-order valence-electron chi connectivity index (χ2n) is 3.89. The van der Waals surface area contributed by atoms with Crippen LogP contribution in [0.2, 0.25) is 0 Å². The van der Waals surface area contributed by atoms with E-state index in [4.69, 9.17) is 0 Å². The molecule has 1 heterocycles. The Balaban J connectivity index is 2.67. The monoisotopic (exact) mass is 193 g/mol. The lowest BCUT2D eigenvalue weighted by Gasteiger charge is -2.21. The van der Waals surface area contributed by atoms with Gasteiger partial charge in [-0.3, -0.25) is 0 Å². The van der Waals surface area contributed by atoms with Crippen LogP contribution in [-0.4, -0.2) is 16.0 Å². The molecule has 0 aliphatic carbocycles. The Hall–Kier alpha value is -1.12. The Morgan fingerprint density at radius 1 is 1.43 bits per heavy atom. The first kappa shape index (κ1) is 11.0. The Morgan fingerprint density at radius 2 is 2.14 bits per heavy atom. The fourth-order valence-corrected chi connectivity index (χ4v) is 1.47. The highest BCUT2D eigenvalue weighted by Gasteiger charge is 2.10. The van der Waals surface area contributed by atoms with Gasteiger partial charge in [0.25, 0.3) is 0 Å². The first-order valence-corrected chi connectivity index (χ1v) is 5.19. The van der Waals surface area contributed by atoms with Crippen LogP contribution in [0.5, 0.6) is 0 Å². The maximum Gasteiger partial charge on any atom is 0.129 e. The van der Waals surface area contributed by atoms with E-state index >= 15 is 0 Å². The van der Waals surface area contributed by atoms with E-state index in [0.29, 0.717) is 12.0 Å². The summed E-state index contributed by atoms with van der Waals surface area (Å²) in [5.41, 5.74) is 0. The second kappa shape index (κ2) is 4.94. The molecule has 14 heavy (non-hydrogen) atoms. The summed E-state index contributed by atoms with van der Waals surface area (Å²) in [6.45, 7) is 8.53. The maximum absolute atomic E-state index is 4.32. The normalized spacial score (nSPS) is 12.9. The van der Waals surface area contributed by atoms with E-state index in [1.807, 2.05) is 13.0 Å². The summed E-state index contributed by atoms with van der Waals surface area (Å²) in [6, 6.07) is 2.40. The fourth-order valence-electron chi connectivity index (χ4n) is 1.47. The van der Waals surface area contributed by atoms with Gasteiger partial charge in [-0.2, -0.15) is 0 Å². The number of hydrogen-bond acceptors (Lipinski definition) is 3. The van der Waals surface area contributed by atoms with Gasteiger partial charge in [0.15, 0.2) is 0 Å². The molecule has 1 N–H and O–H groups in total. The third kappa shape index (κ3) is 2.98. The highest BCUT2D eigenvalue weighted by Crippen LogP contribution is 2.12. The molecule has 0 radical (unpaired) electrons. The van der Waals surface area contributed by atoms with Crippen LogP contribution in [0.15, 0.2) is 12.3 Å². The summed E-state index contributed by atoms with van der Waals surface area (Å²) >= 11 is 0. The third-order valence-corrected chi connectivity index (χ3v) is 2.35. The van der Waals surface area contributed by atoms with Crippen LogP contribution >= 0.6 is 0 Å². The van der Waals surface area contributed by atoms with Gasteiger partial charge < -0.3 is 5.32 Å². The maximum atomic E-state index is 4.32. The number of rotatable bonds is 4. The van der Waals surface area contributed by atoms with Crippen LogP contribution in [0, 0.1) is 12.8 Å². The van der Waals surface area contributed by atoms with Gasteiger partial charge in [0.1, 0.15) is 11.6 Å². The number of nitrogens with one attached hydrogen (secondary N) is 1. The minimum Gasteiger partial charge on any atom is -0.367 e. The lowest BCUT2D eigenvalue weighted by molar-refractivity contribution is 0.509. The predicted molar refractivity (Wildman–Crippen MR) is 59.3 cm³/mol. The summed E-state index contributed by atoms with van der Waals surface area (Å²) in [5, 5.41) is 3.42. The van der Waals surface area contributed by atoms with Crippen molar-refractivity contribution in [1.82, 2.24) is 9.97 Å². The molecule has 78 valence electrons. The smallest absolute Gasteiger partial charge is 0.129 e. The van der Waals surface area contributed by atoms with E-state index in [9.17, 15) is 0 Å². The molecule has 1 unspecified atom stereocenters. The zero-order valence-electron chi connectivity index (χ0n) is 9.41. The van der Waals surface area contributed by atoms with Crippen molar-refractivity contribution in [3.8, 4) is 0 Å². The van der Waals surface area contributed by atoms with E-state index < -0.39 is 0 Å². The summed E-state index contributed by atoms with van der Waals surface area (Å²) in [5.74, 6) is 2.36. The highest BCUT2D eigenvalue weighted by molar-refractivity contribution is 5.34. The van der Waals surface area contributed by atoms with Crippen molar-refractivity contribution in [2.75, 3.05) is 5.32 Å². The Morgan fingerprint density at radius 3 is 2.64 bits per heavy atom. The average Bonchev–Trinajstić information content (AvgIpc) is 2.14. The molecule has 3 nitrogen and oxygen atoms in total. The number of nitrogens with zero attached hydrogens (tertiary/aromatic N) is 2. The molecule has 1 atom stereocenters. The van der Waals surface area contributed by atoms with E-state index in [0.717, 1.165) is 18.1 Å². The predicted octanol–water partition coefficient (Wildman–Crippen LogP) is 2.63. The van der Waals surface area contributed by atoms with Crippen LogP contribution in [0.3, 0.4) is 0 Å². The zero-order valence-corrected chi connectivity index (χ0v) is 9.41. The molecule has 0 saturated heterocycles. The lowest BCUT2D eigenvalue weighted by atomic mass is 10.0. The standard InChI is InChI=1S/C11H19N3/c1-5-10(8(2)3)14-11-6-7-12-9(4)13-11/h6-8,10H,5H2,1-4H3,(H,12,13,14). The third-order valence-electron chi connectivity index (χ3n) is 2.35. The minimum absolute atomic E-state index is 0.490. The van der Waals surface area contributed by atoms with Crippen molar-refractivity contribution < 1.29 is 0 Å². The number of aromatic nitrogens is 2. The van der Waals surface area contributed by atoms with Crippen molar-refractivity contribution in [3.05, 3.63) is 18.1 Å². The first-order chi connectivity index (χ1) is 6.63. The largest absolute Gasteiger partial charge is 0.367 e. The average molecular weight is 193 g/mol. The van der Waals surface area contributed by atoms with Gasteiger partial charge in [0.2, 0.25) is 0 Å². The molecular weight excluding hydrogens is 174 g/mol. The van der Waals surface area contributed by atoms with Crippen molar-refractivity contribution in [3.63, 3.8) is 0 Å². The van der Waals surface area contributed by atoms with Gasteiger partial charge >= 0.3 is 0 Å². The molecule has 1 aromatic rings. The van der Waals surface area contributed by atoms with Crippen LogP contribution in [0.25, 0.3) is 0 Å². The van der Waals surface area contributed by atoms with Crippen molar-refractivity contribution in [2.24, 2.45) is 5.92 Å². The number of anilines is 1. The molecule has 0 fully saturated rings. The molecule has 0 bridgehead atoms. The van der Waals surface area contributed by atoms with Gasteiger partial charge in [-0.1, -0.05) is 20.8 Å². The molecule has 0 amide bonds. The number of aryl methyl sites for hydroxylation is 1. The summed E-state index contributed by atoms with van der Waals surface area (Å²) in [6.07, 6.45) is 2.90.